The summed E-state index contributed by atoms with van der Waals surface area (Å²) in [7, 11) is 0. The highest BCUT2D eigenvalue weighted by atomic mass is 35.5. The second-order valence-corrected chi connectivity index (χ2v) is 2.70. The maximum Gasteiger partial charge on any atom is 0.239 e. The summed E-state index contributed by atoms with van der Waals surface area (Å²) in [5.74, 6) is -0.334. The summed E-state index contributed by atoms with van der Waals surface area (Å²) in [4.78, 5) is 14.5. The highest BCUT2D eigenvalue weighted by Crippen LogP contribution is 2.11. The first-order valence-corrected chi connectivity index (χ1v) is 4.11. The molecule has 0 aliphatic heterocycles. The minimum Gasteiger partial charge on any atom is -0.325 e. The number of halogens is 2. The molecule has 0 bridgehead atoms. The zero-order valence-corrected chi connectivity index (χ0v) is 7.56. The van der Waals surface area contributed by atoms with Crippen molar-refractivity contribution in [3.63, 3.8) is 0 Å². The van der Waals surface area contributed by atoms with Crippen molar-refractivity contribution in [1.82, 2.24) is 4.98 Å². The van der Waals surface area contributed by atoms with Gasteiger partial charge in [0.25, 0.3) is 0 Å². The first-order chi connectivity index (χ1) is 5.72. The number of hydrogen-bond acceptors (Lipinski definition) is 2. The summed E-state index contributed by atoms with van der Waals surface area (Å²) in [6, 6.07) is 3.18. The van der Waals surface area contributed by atoms with Crippen LogP contribution in [0.3, 0.4) is 0 Å². The highest BCUT2D eigenvalue weighted by molar-refractivity contribution is 6.30. The molecule has 3 nitrogen and oxygen atoms in total. The second-order valence-electron chi connectivity index (χ2n) is 2.05. The van der Waals surface area contributed by atoms with Crippen LogP contribution < -0.4 is 5.32 Å². The number of nitrogens with zero attached hydrogens (tertiary/aromatic N) is 1. The number of carbonyl (C=O) groups is 1. The lowest BCUT2D eigenvalue weighted by Crippen LogP contribution is -2.12. The van der Waals surface area contributed by atoms with Crippen LogP contribution in [0.25, 0.3) is 0 Å². The molecule has 1 aromatic heterocycles. The predicted octanol–water partition coefficient (Wildman–Crippen LogP) is 1.91. The molecule has 0 saturated carbocycles. The van der Waals surface area contributed by atoms with Crippen molar-refractivity contribution in [1.29, 1.82) is 0 Å². The molecule has 1 aromatic rings. The lowest BCUT2D eigenvalue weighted by atomic mass is 10.4. The summed E-state index contributed by atoms with van der Waals surface area (Å²) < 4.78 is 0. The number of alkyl halides is 1. The molecule has 5 heteroatoms. The van der Waals surface area contributed by atoms with Crippen molar-refractivity contribution in [2.45, 2.75) is 0 Å². The van der Waals surface area contributed by atoms with E-state index in [2.05, 4.69) is 10.3 Å². The van der Waals surface area contributed by atoms with Gasteiger partial charge in [-0.05, 0) is 12.1 Å². The van der Waals surface area contributed by atoms with Gasteiger partial charge in [-0.25, -0.2) is 4.98 Å². The fraction of sp³-hybridized carbons (Fsp3) is 0.143. The molecule has 1 rings (SSSR count). The SMILES string of the molecule is O=C(CCl)Nc1ccnc(Cl)c1. The van der Waals surface area contributed by atoms with Crippen LogP contribution in [0, 0.1) is 0 Å². The zero-order valence-electron chi connectivity index (χ0n) is 6.05. The predicted molar refractivity (Wildman–Crippen MR) is 48.6 cm³/mol. The Morgan fingerprint density at radius 2 is 2.42 bits per heavy atom. The Kier molecular flexibility index (Phi) is 3.31. The number of nitrogens with one attached hydrogen (secondary N) is 1. The molecule has 0 fully saturated rings. The van der Waals surface area contributed by atoms with Crippen molar-refractivity contribution in [2.75, 3.05) is 11.2 Å². The molecule has 64 valence electrons. The number of anilines is 1. The molecular formula is C7H6Cl2N2O. The van der Waals surface area contributed by atoms with E-state index >= 15 is 0 Å². The topological polar surface area (TPSA) is 42.0 Å². The maximum atomic E-state index is 10.8. The molecule has 0 aliphatic carbocycles. The van der Waals surface area contributed by atoms with E-state index in [0.29, 0.717) is 10.8 Å². The maximum absolute atomic E-state index is 10.8. The van der Waals surface area contributed by atoms with Gasteiger partial charge in [0.1, 0.15) is 11.0 Å². The van der Waals surface area contributed by atoms with E-state index in [1.165, 1.54) is 6.20 Å². The van der Waals surface area contributed by atoms with Gasteiger partial charge in [0.15, 0.2) is 0 Å². The minimum atomic E-state index is -0.265. The summed E-state index contributed by atoms with van der Waals surface area (Å²) in [6.07, 6.45) is 1.51. The smallest absolute Gasteiger partial charge is 0.239 e. The Bertz CT molecular complexity index is 290. The monoisotopic (exact) mass is 204 g/mol. The Balaban J connectivity index is 2.69. The van der Waals surface area contributed by atoms with Crippen LogP contribution in [0.2, 0.25) is 5.15 Å². The third-order valence-electron chi connectivity index (χ3n) is 1.13. The molecule has 0 saturated heterocycles. The number of hydrogen-bond donors (Lipinski definition) is 1. The molecule has 0 spiro atoms. The quantitative estimate of drug-likeness (QED) is 0.591. The van der Waals surface area contributed by atoms with E-state index in [9.17, 15) is 4.79 Å². The number of amides is 1. The summed E-state index contributed by atoms with van der Waals surface area (Å²) in [5, 5.41) is 2.87. The molecule has 0 aliphatic rings. The van der Waals surface area contributed by atoms with Crippen molar-refractivity contribution >= 4 is 34.8 Å². The Morgan fingerprint density at radius 1 is 1.67 bits per heavy atom. The van der Waals surface area contributed by atoms with Gasteiger partial charge < -0.3 is 5.32 Å². The van der Waals surface area contributed by atoms with E-state index in [0.717, 1.165) is 0 Å². The third kappa shape index (κ3) is 2.68. The first kappa shape index (κ1) is 9.29. The van der Waals surface area contributed by atoms with Crippen LogP contribution in [0.5, 0.6) is 0 Å². The summed E-state index contributed by atoms with van der Waals surface area (Å²) >= 11 is 10.9. The zero-order chi connectivity index (χ0) is 8.97. The van der Waals surface area contributed by atoms with Gasteiger partial charge in [0, 0.05) is 11.9 Å². The second kappa shape index (κ2) is 4.28. The molecule has 0 aromatic carbocycles. The van der Waals surface area contributed by atoms with Gasteiger partial charge in [-0.1, -0.05) is 11.6 Å². The molecule has 12 heavy (non-hydrogen) atoms. The van der Waals surface area contributed by atoms with Crippen molar-refractivity contribution in [3.8, 4) is 0 Å². The number of rotatable bonds is 2. The van der Waals surface area contributed by atoms with Crippen LogP contribution in [-0.4, -0.2) is 16.8 Å². The van der Waals surface area contributed by atoms with Gasteiger partial charge in [0.05, 0.1) is 0 Å². The van der Waals surface area contributed by atoms with Crippen LogP contribution in [-0.2, 0) is 4.79 Å². The van der Waals surface area contributed by atoms with E-state index in [-0.39, 0.29) is 11.8 Å². The number of aromatic nitrogens is 1. The van der Waals surface area contributed by atoms with Gasteiger partial charge in [-0.15, -0.1) is 11.6 Å². The number of carbonyl (C=O) groups excluding carboxylic acids is 1. The summed E-state index contributed by atoms with van der Waals surface area (Å²) in [6.45, 7) is 0. The van der Waals surface area contributed by atoms with Gasteiger partial charge in [0.2, 0.25) is 5.91 Å². The van der Waals surface area contributed by atoms with Gasteiger partial charge in [-0.2, -0.15) is 0 Å². The average Bonchev–Trinajstić information content (AvgIpc) is 2.04. The summed E-state index contributed by atoms with van der Waals surface area (Å²) in [5.41, 5.74) is 0.598. The standard InChI is InChI=1S/C7H6Cl2N2O/c8-4-7(12)11-5-1-2-10-6(9)3-5/h1-3H,4H2,(H,10,11,12). The highest BCUT2D eigenvalue weighted by Gasteiger charge is 1.99. The van der Waals surface area contributed by atoms with E-state index < -0.39 is 0 Å². The largest absolute Gasteiger partial charge is 0.325 e. The lowest BCUT2D eigenvalue weighted by molar-refractivity contribution is -0.113. The molecule has 0 radical (unpaired) electrons. The van der Waals surface area contributed by atoms with Gasteiger partial charge in [-0.3, -0.25) is 4.79 Å². The van der Waals surface area contributed by atoms with Crippen molar-refractivity contribution in [2.24, 2.45) is 0 Å². The van der Waals surface area contributed by atoms with Crippen molar-refractivity contribution < 1.29 is 4.79 Å². The Hall–Kier alpha value is -0.800. The molecular weight excluding hydrogens is 199 g/mol. The normalized spacial score (nSPS) is 9.50. The van der Waals surface area contributed by atoms with Crippen LogP contribution >= 0.6 is 23.2 Å². The molecule has 1 heterocycles. The van der Waals surface area contributed by atoms with E-state index in [1.54, 1.807) is 12.1 Å². The number of pyridine rings is 1. The fourth-order valence-corrected chi connectivity index (χ4v) is 0.915. The van der Waals surface area contributed by atoms with E-state index in [1.807, 2.05) is 0 Å². The van der Waals surface area contributed by atoms with Crippen LogP contribution in [0.1, 0.15) is 0 Å². The molecule has 1 amide bonds. The molecule has 0 unspecified atom stereocenters. The van der Waals surface area contributed by atoms with Crippen LogP contribution in [0.4, 0.5) is 5.69 Å². The first-order valence-electron chi connectivity index (χ1n) is 3.20. The van der Waals surface area contributed by atoms with Crippen LogP contribution in [0.15, 0.2) is 18.3 Å². The van der Waals surface area contributed by atoms with Gasteiger partial charge >= 0.3 is 0 Å². The third-order valence-corrected chi connectivity index (χ3v) is 1.58. The molecule has 0 atom stereocenters. The molecule has 1 N–H and O–H groups in total. The van der Waals surface area contributed by atoms with Crippen molar-refractivity contribution in [3.05, 3.63) is 23.5 Å². The fourth-order valence-electron chi connectivity index (χ4n) is 0.675. The minimum absolute atomic E-state index is 0.0695. The lowest BCUT2D eigenvalue weighted by Gasteiger charge is -2.01. The average molecular weight is 205 g/mol. The van der Waals surface area contributed by atoms with E-state index in [4.69, 9.17) is 23.2 Å². The Morgan fingerprint density at radius 3 is 3.00 bits per heavy atom. The Labute approximate surface area is 79.7 Å².